The Kier molecular flexibility index (Phi) is 4.99. The van der Waals surface area contributed by atoms with Gasteiger partial charge in [-0.25, -0.2) is 0 Å². The maximum atomic E-state index is 9.40. The summed E-state index contributed by atoms with van der Waals surface area (Å²) in [6, 6.07) is 0.775. The second kappa shape index (κ2) is 5.68. The molecule has 102 valence electrons. The summed E-state index contributed by atoms with van der Waals surface area (Å²) in [6.45, 7) is 11.1. The zero-order valence-electron chi connectivity index (χ0n) is 12.2. The second-order valence-corrected chi connectivity index (χ2v) is 6.65. The standard InChI is InChI=1S/C14H30N2O/c1-6-14(4,9-15-12-7-8-12)10-16(5)13(2,3)11-17/h12,15,17H,6-11H2,1-5H3. The van der Waals surface area contributed by atoms with E-state index in [9.17, 15) is 5.11 Å². The molecule has 1 saturated carbocycles. The third-order valence-corrected chi connectivity index (χ3v) is 4.29. The van der Waals surface area contributed by atoms with Gasteiger partial charge in [0.05, 0.1) is 6.61 Å². The average Bonchev–Trinajstić information content (AvgIpc) is 3.10. The predicted molar refractivity (Wildman–Crippen MR) is 73.2 cm³/mol. The van der Waals surface area contributed by atoms with Crippen LogP contribution in [0.4, 0.5) is 0 Å². The number of nitrogens with zero attached hydrogens (tertiary/aromatic N) is 1. The van der Waals surface area contributed by atoms with Gasteiger partial charge in [-0.05, 0) is 45.6 Å². The normalized spacial score (nSPS) is 20.6. The first-order valence-electron chi connectivity index (χ1n) is 6.88. The molecule has 1 aliphatic carbocycles. The highest BCUT2D eigenvalue weighted by Gasteiger charge is 2.32. The Balaban J connectivity index is 2.47. The molecule has 0 aromatic carbocycles. The zero-order valence-corrected chi connectivity index (χ0v) is 12.2. The Labute approximate surface area is 107 Å². The van der Waals surface area contributed by atoms with Gasteiger partial charge in [0.25, 0.3) is 0 Å². The van der Waals surface area contributed by atoms with Gasteiger partial charge in [-0.2, -0.15) is 0 Å². The van der Waals surface area contributed by atoms with Gasteiger partial charge in [0, 0.05) is 24.7 Å². The van der Waals surface area contributed by atoms with Crippen molar-refractivity contribution >= 4 is 0 Å². The smallest absolute Gasteiger partial charge is 0.0609 e. The van der Waals surface area contributed by atoms with Crippen LogP contribution in [0, 0.1) is 5.41 Å². The lowest BCUT2D eigenvalue weighted by Crippen LogP contribution is -2.50. The Bertz CT molecular complexity index is 238. The summed E-state index contributed by atoms with van der Waals surface area (Å²) in [5.41, 5.74) is 0.166. The predicted octanol–water partition coefficient (Wildman–Crippen LogP) is 1.86. The Morgan fingerprint density at radius 1 is 1.29 bits per heavy atom. The van der Waals surface area contributed by atoms with E-state index in [0.29, 0.717) is 5.41 Å². The van der Waals surface area contributed by atoms with Crippen LogP contribution in [-0.4, -0.2) is 48.3 Å². The van der Waals surface area contributed by atoms with Crippen molar-refractivity contribution in [2.75, 3.05) is 26.7 Å². The Hall–Kier alpha value is -0.120. The average molecular weight is 242 g/mol. The highest BCUT2D eigenvalue weighted by Crippen LogP contribution is 2.27. The van der Waals surface area contributed by atoms with Crippen molar-refractivity contribution in [3.05, 3.63) is 0 Å². The number of aliphatic hydroxyl groups excluding tert-OH is 1. The Morgan fingerprint density at radius 2 is 1.88 bits per heavy atom. The van der Waals surface area contributed by atoms with Crippen LogP contribution >= 0.6 is 0 Å². The lowest BCUT2D eigenvalue weighted by Gasteiger charge is -2.41. The van der Waals surface area contributed by atoms with Crippen molar-refractivity contribution in [3.8, 4) is 0 Å². The molecule has 0 aromatic heterocycles. The largest absolute Gasteiger partial charge is 0.394 e. The molecule has 1 fully saturated rings. The number of aliphatic hydroxyl groups is 1. The van der Waals surface area contributed by atoms with Crippen LogP contribution in [-0.2, 0) is 0 Å². The molecule has 1 rings (SSSR count). The number of hydrogen-bond donors (Lipinski definition) is 2. The fraction of sp³-hybridized carbons (Fsp3) is 1.00. The molecule has 3 heteroatoms. The van der Waals surface area contributed by atoms with Crippen molar-refractivity contribution < 1.29 is 5.11 Å². The molecule has 1 unspecified atom stereocenters. The number of rotatable bonds is 8. The highest BCUT2D eigenvalue weighted by atomic mass is 16.3. The Morgan fingerprint density at radius 3 is 2.29 bits per heavy atom. The minimum Gasteiger partial charge on any atom is -0.394 e. The van der Waals surface area contributed by atoms with E-state index in [4.69, 9.17) is 0 Å². The van der Waals surface area contributed by atoms with E-state index < -0.39 is 0 Å². The van der Waals surface area contributed by atoms with Crippen LogP contribution in [0.25, 0.3) is 0 Å². The lowest BCUT2D eigenvalue weighted by molar-refractivity contribution is 0.0438. The van der Waals surface area contributed by atoms with Crippen molar-refractivity contribution in [2.24, 2.45) is 5.41 Å². The maximum Gasteiger partial charge on any atom is 0.0609 e. The van der Waals surface area contributed by atoms with Crippen molar-refractivity contribution in [2.45, 2.75) is 58.5 Å². The third-order valence-electron chi connectivity index (χ3n) is 4.29. The van der Waals surface area contributed by atoms with E-state index in [1.165, 1.54) is 19.3 Å². The number of likely N-dealkylation sites (N-methyl/N-ethyl adjacent to an activating group) is 1. The fourth-order valence-corrected chi connectivity index (χ4v) is 1.88. The van der Waals surface area contributed by atoms with E-state index in [2.05, 4.69) is 45.0 Å². The van der Waals surface area contributed by atoms with E-state index in [1.54, 1.807) is 0 Å². The minimum absolute atomic E-state index is 0.129. The monoisotopic (exact) mass is 242 g/mol. The van der Waals surface area contributed by atoms with Crippen molar-refractivity contribution in [1.29, 1.82) is 0 Å². The first kappa shape index (κ1) is 14.9. The zero-order chi connectivity index (χ0) is 13.1. The maximum absolute atomic E-state index is 9.40. The molecular formula is C14H30N2O. The summed E-state index contributed by atoms with van der Waals surface area (Å²) in [7, 11) is 2.11. The van der Waals surface area contributed by atoms with Crippen LogP contribution in [0.5, 0.6) is 0 Å². The molecule has 1 aliphatic rings. The molecule has 0 bridgehead atoms. The third kappa shape index (κ3) is 4.57. The minimum atomic E-state index is -0.129. The van der Waals surface area contributed by atoms with Gasteiger partial charge in [-0.15, -0.1) is 0 Å². The summed E-state index contributed by atoms with van der Waals surface area (Å²) in [5, 5.41) is 13.0. The topological polar surface area (TPSA) is 35.5 Å². The molecule has 2 N–H and O–H groups in total. The first-order valence-corrected chi connectivity index (χ1v) is 6.88. The highest BCUT2D eigenvalue weighted by molar-refractivity contribution is 4.89. The molecule has 17 heavy (non-hydrogen) atoms. The van der Waals surface area contributed by atoms with Gasteiger partial charge < -0.3 is 10.4 Å². The van der Waals surface area contributed by atoms with Gasteiger partial charge in [0.15, 0.2) is 0 Å². The molecule has 0 aromatic rings. The second-order valence-electron chi connectivity index (χ2n) is 6.65. The van der Waals surface area contributed by atoms with Crippen LogP contribution in [0.15, 0.2) is 0 Å². The summed E-state index contributed by atoms with van der Waals surface area (Å²) < 4.78 is 0. The fourth-order valence-electron chi connectivity index (χ4n) is 1.88. The molecule has 0 radical (unpaired) electrons. The van der Waals surface area contributed by atoms with Crippen LogP contribution in [0.2, 0.25) is 0 Å². The molecule has 3 nitrogen and oxygen atoms in total. The molecule has 0 amide bonds. The van der Waals surface area contributed by atoms with E-state index >= 15 is 0 Å². The van der Waals surface area contributed by atoms with Crippen LogP contribution < -0.4 is 5.32 Å². The molecule has 0 aliphatic heterocycles. The van der Waals surface area contributed by atoms with Crippen molar-refractivity contribution in [1.82, 2.24) is 10.2 Å². The first-order chi connectivity index (χ1) is 7.83. The van der Waals surface area contributed by atoms with Gasteiger partial charge in [0.1, 0.15) is 0 Å². The summed E-state index contributed by atoms with van der Waals surface area (Å²) in [4.78, 5) is 2.28. The molecule has 0 saturated heterocycles. The summed E-state index contributed by atoms with van der Waals surface area (Å²) in [5.74, 6) is 0. The molecule has 0 heterocycles. The number of hydrogen-bond acceptors (Lipinski definition) is 3. The molecular weight excluding hydrogens is 212 g/mol. The quantitative estimate of drug-likeness (QED) is 0.682. The summed E-state index contributed by atoms with van der Waals surface area (Å²) >= 11 is 0. The van der Waals surface area contributed by atoms with Crippen LogP contribution in [0.3, 0.4) is 0 Å². The van der Waals surface area contributed by atoms with E-state index in [0.717, 1.165) is 19.1 Å². The molecule has 0 spiro atoms. The number of nitrogens with one attached hydrogen (secondary N) is 1. The van der Waals surface area contributed by atoms with Gasteiger partial charge in [-0.3, -0.25) is 4.90 Å². The van der Waals surface area contributed by atoms with E-state index in [1.807, 2.05) is 0 Å². The van der Waals surface area contributed by atoms with Gasteiger partial charge in [-0.1, -0.05) is 13.8 Å². The molecule has 1 atom stereocenters. The van der Waals surface area contributed by atoms with E-state index in [-0.39, 0.29) is 12.1 Å². The lowest BCUT2D eigenvalue weighted by atomic mass is 9.85. The van der Waals surface area contributed by atoms with Gasteiger partial charge >= 0.3 is 0 Å². The SMILES string of the molecule is CCC(C)(CNC1CC1)CN(C)C(C)(C)CO. The van der Waals surface area contributed by atoms with Gasteiger partial charge in [0.2, 0.25) is 0 Å². The van der Waals surface area contributed by atoms with Crippen LogP contribution in [0.1, 0.15) is 47.0 Å². The summed E-state index contributed by atoms with van der Waals surface area (Å²) in [6.07, 6.45) is 3.86. The van der Waals surface area contributed by atoms with Crippen molar-refractivity contribution in [3.63, 3.8) is 0 Å².